The fraction of sp³-hybridized carbons (Fsp3) is 0.800. The molecule has 0 fully saturated rings. The van der Waals surface area contributed by atoms with E-state index in [-0.39, 0.29) is 0 Å². The average molecular weight is 305 g/mol. The largest absolute Gasteiger partial charge is 0.241 e. The first-order chi connectivity index (χ1) is 10.9. The Bertz CT molecular complexity index is 310. The van der Waals surface area contributed by atoms with Gasteiger partial charge in [-0.3, -0.25) is 0 Å². The van der Waals surface area contributed by atoms with Crippen LogP contribution in [-0.2, 0) is 12.8 Å². The summed E-state index contributed by atoms with van der Waals surface area (Å²) >= 11 is 0. The van der Waals surface area contributed by atoms with Crippen LogP contribution >= 0.6 is 0 Å². The number of hydrogen-bond acceptors (Lipinski definition) is 2. The first-order valence-corrected chi connectivity index (χ1v) is 9.66. The van der Waals surface area contributed by atoms with E-state index in [1.54, 1.807) is 0 Å². The third kappa shape index (κ3) is 9.92. The Morgan fingerprint density at radius 3 is 1.59 bits per heavy atom. The molecule has 0 aromatic carbocycles. The lowest BCUT2D eigenvalue weighted by Crippen LogP contribution is -1.97. The quantitative estimate of drug-likeness (QED) is 0.378. The molecule has 0 N–H and O–H groups in total. The molecule has 0 unspecified atom stereocenters. The van der Waals surface area contributed by atoms with Crippen LogP contribution in [-0.4, -0.2) is 9.97 Å². The van der Waals surface area contributed by atoms with Crippen LogP contribution in [0.1, 0.15) is 102 Å². The third-order valence-electron chi connectivity index (χ3n) is 4.33. The lowest BCUT2D eigenvalue weighted by Gasteiger charge is -2.04. The van der Waals surface area contributed by atoms with E-state index in [4.69, 9.17) is 0 Å². The number of aryl methyl sites for hydroxylation is 2. The summed E-state index contributed by atoms with van der Waals surface area (Å²) < 4.78 is 0. The second kappa shape index (κ2) is 13.7. The minimum absolute atomic E-state index is 1.03. The van der Waals surface area contributed by atoms with Crippen molar-refractivity contribution in [3.8, 4) is 0 Å². The summed E-state index contributed by atoms with van der Waals surface area (Å²) in [4.78, 5) is 9.06. The predicted octanol–water partition coefficient (Wildman–Crippen LogP) is 6.28. The molecular weight excluding hydrogens is 268 g/mol. The summed E-state index contributed by atoms with van der Waals surface area (Å²) in [5.41, 5.74) is 1.31. The maximum Gasteiger partial charge on any atom is 0.128 e. The fourth-order valence-corrected chi connectivity index (χ4v) is 2.81. The molecule has 0 atom stereocenters. The molecule has 2 heteroatoms. The molecule has 1 heterocycles. The minimum atomic E-state index is 1.03. The van der Waals surface area contributed by atoms with E-state index in [2.05, 4.69) is 23.8 Å². The monoisotopic (exact) mass is 304 g/mol. The van der Waals surface area contributed by atoms with Crippen molar-refractivity contribution in [3.63, 3.8) is 0 Å². The highest BCUT2D eigenvalue weighted by molar-refractivity contribution is 5.05. The van der Waals surface area contributed by atoms with E-state index in [0.717, 1.165) is 18.7 Å². The predicted molar refractivity (Wildman–Crippen MR) is 96.2 cm³/mol. The molecule has 1 rings (SSSR count). The maximum atomic E-state index is 4.53. The van der Waals surface area contributed by atoms with Gasteiger partial charge in [0, 0.05) is 18.8 Å². The van der Waals surface area contributed by atoms with Crippen molar-refractivity contribution in [2.24, 2.45) is 0 Å². The Kier molecular flexibility index (Phi) is 11.9. The zero-order valence-electron chi connectivity index (χ0n) is 14.9. The van der Waals surface area contributed by atoms with Crippen molar-refractivity contribution in [1.29, 1.82) is 0 Å². The van der Waals surface area contributed by atoms with E-state index in [9.17, 15) is 0 Å². The molecule has 22 heavy (non-hydrogen) atoms. The van der Waals surface area contributed by atoms with Crippen LogP contribution in [0.4, 0.5) is 0 Å². The lowest BCUT2D eigenvalue weighted by atomic mass is 10.1. The highest BCUT2D eigenvalue weighted by Crippen LogP contribution is 2.10. The van der Waals surface area contributed by atoms with Crippen LogP contribution in [0, 0.1) is 0 Å². The zero-order chi connectivity index (χ0) is 15.9. The Labute approximate surface area is 138 Å². The fourth-order valence-electron chi connectivity index (χ4n) is 2.81. The summed E-state index contributed by atoms with van der Waals surface area (Å²) in [6, 6.07) is 0. The van der Waals surface area contributed by atoms with Crippen molar-refractivity contribution in [1.82, 2.24) is 9.97 Å². The van der Waals surface area contributed by atoms with Crippen molar-refractivity contribution in [2.45, 2.75) is 104 Å². The SMILES string of the molecule is CCCCCCCCc1cnc(CCCCCCCC)nc1. The van der Waals surface area contributed by atoms with E-state index in [0.29, 0.717) is 0 Å². The molecule has 0 aliphatic heterocycles. The number of aromatic nitrogens is 2. The number of rotatable bonds is 14. The molecule has 0 radical (unpaired) electrons. The molecule has 0 saturated carbocycles. The van der Waals surface area contributed by atoms with Gasteiger partial charge in [-0.15, -0.1) is 0 Å². The van der Waals surface area contributed by atoms with Crippen molar-refractivity contribution in [2.75, 3.05) is 0 Å². The highest BCUT2D eigenvalue weighted by atomic mass is 14.9. The summed E-state index contributed by atoms with van der Waals surface area (Å²) in [5.74, 6) is 1.03. The van der Waals surface area contributed by atoms with E-state index < -0.39 is 0 Å². The van der Waals surface area contributed by atoms with Gasteiger partial charge in [-0.25, -0.2) is 9.97 Å². The Morgan fingerprint density at radius 1 is 0.591 bits per heavy atom. The molecular formula is C20H36N2. The van der Waals surface area contributed by atoms with Gasteiger partial charge < -0.3 is 0 Å². The van der Waals surface area contributed by atoms with Gasteiger partial charge in [-0.2, -0.15) is 0 Å². The van der Waals surface area contributed by atoms with Crippen molar-refractivity contribution >= 4 is 0 Å². The Balaban J connectivity index is 2.07. The van der Waals surface area contributed by atoms with Crippen LogP contribution < -0.4 is 0 Å². The van der Waals surface area contributed by atoms with Gasteiger partial charge in [0.1, 0.15) is 5.82 Å². The van der Waals surface area contributed by atoms with Crippen molar-refractivity contribution in [3.05, 3.63) is 23.8 Å². The Morgan fingerprint density at radius 2 is 1.05 bits per heavy atom. The van der Waals surface area contributed by atoms with Crippen LogP contribution in [0.2, 0.25) is 0 Å². The normalized spacial score (nSPS) is 11.0. The van der Waals surface area contributed by atoms with Crippen molar-refractivity contribution < 1.29 is 0 Å². The molecule has 0 aliphatic carbocycles. The second-order valence-electron chi connectivity index (χ2n) is 6.54. The van der Waals surface area contributed by atoms with Gasteiger partial charge in [-0.05, 0) is 24.8 Å². The number of hydrogen-bond donors (Lipinski definition) is 0. The highest BCUT2D eigenvalue weighted by Gasteiger charge is 1.99. The molecule has 1 aromatic rings. The summed E-state index contributed by atoms with van der Waals surface area (Å²) in [6.07, 6.45) is 22.4. The van der Waals surface area contributed by atoms with E-state index in [1.165, 1.54) is 82.6 Å². The summed E-state index contributed by atoms with van der Waals surface area (Å²) in [5, 5.41) is 0. The molecule has 126 valence electrons. The molecule has 1 aromatic heterocycles. The summed E-state index contributed by atoms with van der Waals surface area (Å²) in [6.45, 7) is 4.53. The number of unbranched alkanes of at least 4 members (excludes halogenated alkanes) is 10. The molecule has 0 spiro atoms. The van der Waals surface area contributed by atoms with Crippen LogP contribution in [0.5, 0.6) is 0 Å². The van der Waals surface area contributed by atoms with E-state index in [1.807, 2.05) is 12.4 Å². The molecule has 0 amide bonds. The topological polar surface area (TPSA) is 25.8 Å². The molecule has 0 bridgehead atoms. The maximum absolute atomic E-state index is 4.53. The lowest BCUT2D eigenvalue weighted by molar-refractivity contribution is 0.598. The van der Waals surface area contributed by atoms with Crippen LogP contribution in [0.25, 0.3) is 0 Å². The van der Waals surface area contributed by atoms with Gasteiger partial charge in [0.15, 0.2) is 0 Å². The standard InChI is InChI=1S/C20H36N2/c1-3-5-7-9-11-13-15-19-17-21-20(22-18-19)16-14-12-10-8-6-4-2/h17-18H,3-16H2,1-2H3. The average Bonchev–Trinajstić information content (AvgIpc) is 2.55. The molecule has 2 nitrogen and oxygen atoms in total. The number of nitrogens with zero attached hydrogens (tertiary/aromatic N) is 2. The van der Waals surface area contributed by atoms with Gasteiger partial charge in [0.05, 0.1) is 0 Å². The second-order valence-corrected chi connectivity index (χ2v) is 6.54. The smallest absolute Gasteiger partial charge is 0.128 e. The van der Waals surface area contributed by atoms with Crippen LogP contribution in [0.3, 0.4) is 0 Å². The zero-order valence-corrected chi connectivity index (χ0v) is 14.9. The van der Waals surface area contributed by atoms with E-state index >= 15 is 0 Å². The molecule has 0 saturated heterocycles. The van der Waals surface area contributed by atoms with Crippen LogP contribution in [0.15, 0.2) is 12.4 Å². The Hall–Kier alpha value is -0.920. The van der Waals surface area contributed by atoms with Gasteiger partial charge in [0.25, 0.3) is 0 Å². The van der Waals surface area contributed by atoms with Gasteiger partial charge in [0.2, 0.25) is 0 Å². The van der Waals surface area contributed by atoms with Gasteiger partial charge >= 0.3 is 0 Å². The van der Waals surface area contributed by atoms with Gasteiger partial charge in [-0.1, -0.05) is 78.1 Å². The minimum Gasteiger partial charge on any atom is -0.241 e. The first kappa shape index (κ1) is 19.1. The molecule has 0 aliphatic rings. The first-order valence-electron chi connectivity index (χ1n) is 9.66. The third-order valence-corrected chi connectivity index (χ3v) is 4.33. The summed E-state index contributed by atoms with van der Waals surface area (Å²) in [7, 11) is 0.